The molecule has 33 heavy (non-hydrogen) atoms. The molecule has 0 atom stereocenters. The number of sulfonamides is 1. The zero-order chi connectivity index (χ0) is 24.0. The van der Waals surface area contributed by atoms with Crippen molar-refractivity contribution in [1.29, 1.82) is 0 Å². The van der Waals surface area contributed by atoms with Crippen LogP contribution >= 0.6 is 15.9 Å². The molecule has 0 aliphatic rings. The molecule has 0 saturated heterocycles. The van der Waals surface area contributed by atoms with Gasteiger partial charge in [0.05, 0.1) is 17.2 Å². The van der Waals surface area contributed by atoms with Crippen LogP contribution in [0.25, 0.3) is 0 Å². The summed E-state index contributed by atoms with van der Waals surface area (Å²) in [6.45, 7) is 5.92. The lowest BCUT2D eigenvalue weighted by molar-refractivity contribution is -0.119. The lowest BCUT2D eigenvalue weighted by atomic mass is 10.0. The summed E-state index contributed by atoms with van der Waals surface area (Å²) in [4.78, 5) is 13.3. The summed E-state index contributed by atoms with van der Waals surface area (Å²) in [5.41, 5.74) is 1.12. The molecule has 3 rings (SSSR count). The number of amides is 1. The van der Waals surface area contributed by atoms with E-state index in [4.69, 9.17) is 9.47 Å². The Balaban J connectivity index is 1.95. The number of hydrogen-bond acceptors (Lipinski definition) is 5. The van der Waals surface area contributed by atoms with Crippen LogP contribution in [0.2, 0.25) is 0 Å². The molecule has 3 aromatic carbocycles. The zero-order valence-electron chi connectivity index (χ0n) is 18.7. The minimum absolute atomic E-state index is 0.0127. The first kappa shape index (κ1) is 24.8. The van der Waals surface area contributed by atoms with E-state index < -0.39 is 22.5 Å². The summed E-state index contributed by atoms with van der Waals surface area (Å²) >= 11 is 3.45. The van der Waals surface area contributed by atoms with E-state index in [1.54, 1.807) is 48.5 Å². The average molecular weight is 532 g/mol. The molecule has 1 amide bonds. The number of benzene rings is 3. The van der Waals surface area contributed by atoms with Gasteiger partial charge in [0.15, 0.2) is 6.61 Å². The fourth-order valence-corrected chi connectivity index (χ4v) is 5.07. The number of carbonyl (C=O) groups excluding carboxylic acids is 1. The van der Waals surface area contributed by atoms with Crippen molar-refractivity contribution in [3.05, 3.63) is 82.8 Å². The predicted molar refractivity (Wildman–Crippen MR) is 132 cm³/mol. The van der Waals surface area contributed by atoms with Gasteiger partial charge in [0.1, 0.15) is 11.5 Å². The fourth-order valence-electron chi connectivity index (χ4n) is 3.26. The van der Waals surface area contributed by atoms with Crippen LogP contribution in [0.1, 0.15) is 32.3 Å². The first-order valence-electron chi connectivity index (χ1n) is 10.5. The second-order valence-electron chi connectivity index (χ2n) is 7.53. The van der Waals surface area contributed by atoms with Crippen LogP contribution < -0.4 is 13.8 Å². The van der Waals surface area contributed by atoms with E-state index in [-0.39, 0.29) is 16.5 Å². The highest BCUT2D eigenvalue weighted by Gasteiger charge is 2.31. The third-order valence-electron chi connectivity index (χ3n) is 4.84. The van der Waals surface area contributed by atoms with Gasteiger partial charge >= 0.3 is 0 Å². The van der Waals surface area contributed by atoms with Gasteiger partial charge in [-0.25, -0.2) is 8.42 Å². The Kier molecular flexibility index (Phi) is 8.15. The minimum atomic E-state index is -4.16. The second-order valence-corrected chi connectivity index (χ2v) is 10.2. The van der Waals surface area contributed by atoms with Gasteiger partial charge in [-0.15, -0.1) is 0 Å². The maximum Gasteiger partial charge on any atom is 0.278 e. The van der Waals surface area contributed by atoms with Crippen LogP contribution in [0.4, 0.5) is 5.69 Å². The van der Waals surface area contributed by atoms with E-state index in [9.17, 15) is 13.2 Å². The largest absolute Gasteiger partial charge is 0.494 e. The number of carbonyl (C=O) groups is 1. The molecule has 0 bridgehead atoms. The lowest BCUT2D eigenvalue weighted by Gasteiger charge is -2.23. The molecule has 0 fully saturated rings. The summed E-state index contributed by atoms with van der Waals surface area (Å²) in [6, 6.07) is 19.7. The van der Waals surface area contributed by atoms with Crippen LogP contribution in [0.15, 0.2) is 82.2 Å². The highest BCUT2D eigenvalue weighted by atomic mass is 79.9. The van der Waals surface area contributed by atoms with Crippen molar-refractivity contribution in [3.63, 3.8) is 0 Å². The van der Waals surface area contributed by atoms with Crippen molar-refractivity contribution in [2.24, 2.45) is 0 Å². The van der Waals surface area contributed by atoms with Crippen LogP contribution in [0, 0.1) is 0 Å². The fraction of sp³-hybridized carbons (Fsp3) is 0.240. The average Bonchev–Trinajstić information content (AvgIpc) is 2.80. The molecule has 0 N–H and O–H groups in total. The lowest BCUT2D eigenvalue weighted by Crippen LogP contribution is -2.40. The second kappa shape index (κ2) is 10.9. The molecule has 0 saturated carbocycles. The Morgan fingerprint density at radius 1 is 0.970 bits per heavy atom. The SMILES string of the molecule is CCOc1ccc(N(C(=O)COc2ccc(Br)cc2C(C)C)S(=O)(=O)c2ccccc2)cc1. The van der Waals surface area contributed by atoms with E-state index in [2.05, 4.69) is 15.9 Å². The van der Waals surface area contributed by atoms with Crippen LogP contribution in [-0.2, 0) is 14.8 Å². The molecule has 0 aliphatic heterocycles. The van der Waals surface area contributed by atoms with Gasteiger partial charge in [-0.2, -0.15) is 4.31 Å². The summed E-state index contributed by atoms with van der Waals surface area (Å²) in [6.07, 6.45) is 0. The van der Waals surface area contributed by atoms with Crippen LogP contribution in [-0.4, -0.2) is 27.5 Å². The van der Waals surface area contributed by atoms with Gasteiger partial charge < -0.3 is 9.47 Å². The molecule has 8 heteroatoms. The van der Waals surface area contributed by atoms with E-state index in [0.717, 1.165) is 14.3 Å². The standard InChI is InChI=1S/C25H26BrNO5S/c1-4-31-21-13-11-20(12-14-21)27(33(29,30)22-8-6-5-7-9-22)25(28)17-32-24-15-10-19(26)16-23(24)18(2)3/h5-16,18H,4,17H2,1-3H3. The van der Waals surface area contributed by atoms with Gasteiger partial charge in [0, 0.05) is 4.47 Å². The number of anilines is 1. The maximum absolute atomic E-state index is 13.4. The quantitative estimate of drug-likeness (QED) is 0.350. The molecular formula is C25H26BrNO5S. The summed E-state index contributed by atoms with van der Waals surface area (Å²) < 4.78 is 39.8. The third-order valence-corrected chi connectivity index (χ3v) is 7.09. The molecule has 0 radical (unpaired) electrons. The third kappa shape index (κ3) is 5.94. The summed E-state index contributed by atoms with van der Waals surface area (Å²) in [5.74, 6) is 0.562. The van der Waals surface area contributed by atoms with Crippen LogP contribution in [0.5, 0.6) is 11.5 Å². The van der Waals surface area contributed by atoms with Gasteiger partial charge in [0.2, 0.25) is 0 Å². The van der Waals surface area contributed by atoms with Gasteiger partial charge in [-0.05, 0) is 73.0 Å². The number of halogens is 1. The Morgan fingerprint density at radius 2 is 1.64 bits per heavy atom. The molecule has 0 heterocycles. The van der Waals surface area contributed by atoms with Crippen molar-refractivity contribution in [3.8, 4) is 11.5 Å². The van der Waals surface area contributed by atoms with Gasteiger partial charge in [-0.3, -0.25) is 4.79 Å². The predicted octanol–water partition coefficient (Wildman–Crippen LogP) is 5.77. The topological polar surface area (TPSA) is 72.9 Å². The van der Waals surface area contributed by atoms with E-state index >= 15 is 0 Å². The molecule has 0 aliphatic carbocycles. The minimum Gasteiger partial charge on any atom is -0.494 e. The molecule has 174 valence electrons. The normalized spacial score (nSPS) is 11.3. The van der Waals surface area contributed by atoms with E-state index in [0.29, 0.717) is 18.1 Å². The number of rotatable bonds is 9. The van der Waals surface area contributed by atoms with Crippen molar-refractivity contribution in [2.75, 3.05) is 17.5 Å². The molecule has 0 unspecified atom stereocenters. The summed E-state index contributed by atoms with van der Waals surface area (Å²) in [5, 5.41) is 0. The Bertz CT molecular complexity index is 1200. The van der Waals surface area contributed by atoms with Crippen molar-refractivity contribution >= 4 is 37.5 Å². The Labute approximate surface area is 203 Å². The molecule has 3 aromatic rings. The first-order chi connectivity index (χ1) is 15.7. The highest BCUT2D eigenvalue weighted by Crippen LogP contribution is 2.30. The zero-order valence-corrected chi connectivity index (χ0v) is 21.1. The van der Waals surface area contributed by atoms with E-state index in [1.165, 1.54) is 12.1 Å². The molecule has 6 nitrogen and oxygen atoms in total. The molecular weight excluding hydrogens is 506 g/mol. The van der Waals surface area contributed by atoms with Crippen molar-refractivity contribution < 1.29 is 22.7 Å². The first-order valence-corrected chi connectivity index (χ1v) is 12.8. The smallest absolute Gasteiger partial charge is 0.278 e. The highest BCUT2D eigenvalue weighted by molar-refractivity contribution is 9.10. The number of ether oxygens (including phenoxy) is 2. The number of hydrogen-bond donors (Lipinski definition) is 0. The Hall–Kier alpha value is -2.84. The van der Waals surface area contributed by atoms with Crippen molar-refractivity contribution in [1.82, 2.24) is 0 Å². The molecule has 0 aromatic heterocycles. The Morgan fingerprint density at radius 3 is 2.24 bits per heavy atom. The summed E-state index contributed by atoms with van der Waals surface area (Å²) in [7, 11) is -4.16. The number of nitrogens with zero attached hydrogens (tertiary/aromatic N) is 1. The van der Waals surface area contributed by atoms with Gasteiger partial charge in [0.25, 0.3) is 15.9 Å². The van der Waals surface area contributed by atoms with Gasteiger partial charge in [-0.1, -0.05) is 48.0 Å². The van der Waals surface area contributed by atoms with Crippen LogP contribution in [0.3, 0.4) is 0 Å². The molecule has 0 spiro atoms. The maximum atomic E-state index is 13.4. The van der Waals surface area contributed by atoms with E-state index in [1.807, 2.05) is 32.9 Å². The monoisotopic (exact) mass is 531 g/mol. The van der Waals surface area contributed by atoms with Crippen molar-refractivity contribution in [2.45, 2.75) is 31.6 Å².